The third kappa shape index (κ3) is 3.29. The molecule has 94 valence electrons. The largest absolute Gasteiger partial charge is 0.294 e. The number of hydrogen-bond acceptors (Lipinski definition) is 1. The zero-order chi connectivity index (χ0) is 13.2. The molecule has 1 rings (SSSR count). The molecule has 0 saturated heterocycles. The van der Waals surface area contributed by atoms with Crippen LogP contribution in [-0.2, 0) is 5.41 Å². The average Bonchev–Trinajstić information content (AvgIpc) is 2.20. The zero-order valence-corrected chi connectivity index (χ0v) is 11.5. The quantitative estimate of drug-likeness (QED) is 0.713. The molecule has 0 N–H and O–H groups in total. The number of Topliss-reactive ketones (excluding diaryl/α,β-unsaturated/α-hetero) is 1. The Kier molecular flexibility index (Phi) is 4.31. The first-order chi connectivity index (χ1) is 7.77. The van der Waals surface area contributed by atoms with Crippen LogP contribution in [0.3, 0.4) is 0 Å². The van der Waals surface area contributed by atoms with Gasteiger partial charge in [-0.25, -0.2) is 4.39 Å². The topological polar surface area (TPSA) is 17.1 Å². The molecule has 0 aliphatic carbocycles. The lowest BCUT2D eigenvalue weighted by Crippen LogP contribution is -2.15. The number of carbonyl (C=O) groups is 1. The summed E-state index contributed by atoms with van der Waals surface area (Å²) < 4.78 is 13.9. The smallest absolute Gasteiger partial charge is 0.162 e. The Hall–Kier alpha value is -0.890. The van der Waals surface area contributed by atoms with E-state index in [0.717, 1.165) is 6.42 Å². The fourth-order valence-electron chi connectivity index (χ4n) is 1.67. The van der Waals surface area contributed by atoms with Crippen molar-refractivity contribution in [2.45, 2.75) is 46.0 Å². The Labute approximate surface area is 107 Å². The minimum absolute atomic E-state index is 0.0138. The molecule has 1 aromatic carbocycles. The summed E-state index contributed by atoms with van der Waals surface area (Å²) in [6, 6.07) is 3.04. The second-order valence-corrected chi connectivity index (χ2v) is 5.65. The van der Waals surface area contributed by atoms with E-state index in [9.17, 15) is 9.18 Å². The molecule has 0 heterocycles. The zero-order valence-electron chi connectivity index (χ0n) is 10.7. The third-order valence-corrected chi connectivity index (χ3v) is 2.91. The van der Waals surface area contributed by atoms with Crippen LogP contribution in [0.2, 0.25) is 5.02 Å². The second-order valence-electron chi connectivity index (χ2n) is 5.24. The summed E-state index contributed by atoms with van der Waals surface area (Å²) in [6.07, 6.45) is 1.24. The summed E-state index contributed by atoms with van der Waals surface area (Å²) in [6.45, 7) is 7.63. The third-order valence-electron chi connectivity index (χ3n) is 2.64. The van der Waals surface area contributed by atoms with Gasteiger partial charge in [-0.05, 0) is 29.5 Å². The molecule has 1 aromatic rings. The lowest BCUT2D eigenvalue weighted by atomic mass is 9.85. The van der Waals surface area contributed by atoms with E-state index in [0.29, 0.717) is 17.5 Å². The predicted molar refractivity (Wildman–Crippen MR) is 69.3 cm³/mol. The molecule has 0 aromatic heterocycles. The van der Waals surface area contributed by atoms with Crippen molar-refractivity contribution in [3.8, 4) is 0 Å². The molecule has 0 aliphatic heterocycles. The predicted octanol–water partition coefficient (Wildman–Crippen LogP) is 4.76. The van der Waals surface area contributed by atoms with E-state index in [2.05, 4.69) is 0 Å². The van der Waals surface area contributed by atoms with E-state index < -0.39 is 5.82 Å². The average molecular weight is 257 g/mol. The summed E-state index contributed by atoms with van der Waals surface area (Å²) in [7, 11) is 0. The molecular formula is C14H18ClFO. The number of carbonyl (C=O) groups excluding carboxylic acids is 1. The van der Waals surface area contributed by atoms with Crippen molar-refractivity contribution in [2.75, 3.05) is 0 Å². The highest BCUT2D eigenvalue weighted by Gasteiger charge is 2.22. The van der Waals surface area contributed by atoms with Crippen LogP contribution in [0.5, 0.6) is 0 Å². The Morgan fingerprint density at radius 1 is 1.35 bits per heavy atom. The molecule has 0 saturated carbocycles. The van der Waals surface area contributed by atoms with Gasteiger partial charge in [0.1, 0.15) is 5.82 Å². The summed E-state index contributed by atoms with van der Waals surface area (Å²) in [4.78, 5) is 11.8. The molecule has 0 spiro atoms. The Bertz CT molecular complexity index is 433. The molecule has 0 unspecified atom stereocenters. The molecule has 0 bridgehead atoms. The van der Waals surface area contributed by atoms with Gasteiger partial charge in [0.15, 0.2) is 5.78 Å². The molecule has 0 atom stereocenters. The van der Waals surface area contributed by atoms with Gasteiger partial charge < -0.3 is 0 Å². The van der Waals surface area contributed by atoms with E-state index in [4.69, 9.17) is 11.6 Å². The normalized spacial score (nSPS) is 11.6. The van der Waals surface area contributed by atoms with Crippen LogP contribution in [0.25, 0.3) is 0 Å². The molecule has 0 fully saturated rings. The lowest BCUT2D eigenvalue weighted by Gasteiger charge is -2.21. The van der Waals surface area contributed by atoms with E-state index in [1.165, 1.54) is 6.07 Å². The van der Waals surface area contributed by atoms with Crippen molar-refractivity contribution in [2.24, 2.45) is 0 Å². The Morgan fingerprint density at radius 2 is 1.94 bits per heavy atom. The van der Waals surface area contributed by atoms with Crippen LogP contribution in [0.1, 0.15) is 56.5 Å². The maximum absolute atomic E-state index is 13.9. The van der Waals surface area contributed by atoms with Crippen LogP contribution in [0, 0.1) is 5.82 Å². The van der Waals surface area contributed by atoms with E-state index >= 15 is 0 Å². The highest BCUT2D eigenvalue weighted by Crippen LogP contribution is 2.31. The van der Waals surface area contributed by atoms with E-state index in [-0.39, 0.29) is 16.2 Å². The van der Waals surface area contributed by atoms with Crippen molar-refractivity contribution >= 4 is 17.4 Å². The van der Waals surface area contributed by atoms with Gasteiger partial charge in [0.05, 0.1) is 5.02 Å². The molecule has 17 heavy (non-hydrogen) atoms. The van der Waals surface area contributed by atoms with Gasteiger partial charge in [-0.2, -0.15) is 0 Å². The van der Waals surface area contributed by atoms with Crippen LogP contribution >= 0.6 is 11.6 Å². The fraction of sp³-hybridized carbons (Fsp3) is 0.500. The lowest BCUT2D eigenvalue weighted by molar-refractivity contribution is 0.0981. The van der Waals surface area contributed by atoms with Crippen molar-refractivity contribution in [1.82, 2.24) is 0 Å². The molecular weight excluding hydrogens is 239 g/mol. The highest BCUT2D eigenvalue weighted by atomic mass is 35.5. The van der Waals surface area contributed by atoms with Crippen molar-refractivity contribution in [1.29, 1.82) is 0 Å². The van der Waals surface area contributed by atoms with Gasteiger partial charge in [0, 0.05) is 12.0 Å². The number of ketones is 1. The first-order valence-corrected chi connectivity index (χ1v) is 6.18. The van der Waals surface area contributed by atoms with Gasteiger partial charge in [-0.1, -0.05) is 39.3 Å². The van der Waals surface area contributed by atoms with Gasteiger partial charge in [-0.15, -0.1) is 0 Å². The van der Waals surface area contributed by atoms with Crippen LogP contribution in [0.15, 0.2) is 12.1 Å². The van der Waals surface area contributed by atoms with Crippen LogP contribution < -0.4 is 0 Å². The van der Waals surface area contributed by atoms with Crippen molar-refractivity contribution < 1.29 is 9.18 Å². The fourth-order valence-corrected chi connectivity index (χ4v) is 1.89. The SMILES string of the molecule is CCCC(=O)c1cc(Cl)c(F)c(C(C)(C)C)c1. The first kappa shape index (κ1) is 14.2. The molecule has 0 radical (unpaired) electrons. The van der Waals surface area contributed by atoms with Gasteiger partial charge >= 0.3 is 0 Å². The number of halogens is 2. The highest BCUT2D eigenvalue weighted by molar-refractivity contribution is 6.31. The first-order valence-electron chi connectivity index (χ1n) is 5.80. The van der Waals surface area contributed by atoms with Gasteiger partial charge in [0.25, 0.3) is 0 Å². The molecule has 3 heteroatoms. The second kappa shape index (κ2) is 5.18. The van der Waals surface area contributed by atoms with Crippen molar-refractivity contribution in [3.05, 3.63) is 34.1 Å². The maximum Gasteiger partial charge on any atom is 0.162 e. The van der Waals surface area contributed by atoms with Crippen LogP contribution in [-0.4, -0.2) is 5.78 Å². The Balaban J connectivity index is 3.29. The Morgan fingerprint density at radius 3 is 2.41 bits per heavy atom. The molecule has 1 nitrogen and oxygen atoms in total. The summed E-state index contributed by atoms with van der Waals surface area (Å²) >= 11 is 5.84. The maximum atomic E-state index is 13.9. The van der Waals surface area contributed by atoms with Gasteiger partial charge in [0.2, 0.25) is 0 Å². The standard InChI is InChI=1S/C14H18ClFO/c1-5-6-12(17)9-7-10(14(2,3)4)13(16)11(15)8-9/h7-8H,5-6H2,1-4H3. The minimum Gasteiger partial charge on any atom is -0.294 e. The summed E-state index contributed by atoms with van der Waals surface area (Å²) in [5.74, 6) is -0.410. The summed E-state index contributed by atoms with van der Waals surface area (Å²) in [5.41, 5.74) is 0.628. The molecule has 0 aliphatic rings. The number of benzene rings is 1. The number of hydrogen-bond donors (Lipinski definition) is 0. The van der Waals surface area contributed by atoms with Crippen LogP contribution in [0.4, 0.5) is 4.39 Å². The molecule has 0 amide bonds. The summed E-state index contributed by atoms with van der Waals surface area (Å²) in [5, 5.41) is 0.0249. The van der Waals surface area contributed by atoms with E-state index in [1.54, 1.807) is 6.07 Å². The monoisotopic (exact) mass is 256 g/mol. The van der Waals surface area contributed by atoms with Gasteiger partial charge in [-0.3, -0.25) is 4.79 Å². The van der Waals surface area contributed by atoms with E-state index in [1.807, 2.05) is 27.7 Å². The number of rotatable bonds is 3. The van der Waals surface area contributed by atoms with Crippen molar-refractivity contribution in [3.63, 3.8) is 0 Å². The minimum atomic E-state index is -0.424.